The van der Waals surface area contributed by atoms with E-state index in [9.17, 15) is 0 Å². The van der Waals surface area contributed by atoms with Crippen LogP contribution in [0.3, 0.4) is 0 Å². The minimum absolute atomic E-state index is 0.0280. The number of aliphatic hydroxyl groups excluding tert-OH is 1. The number of aliphatic hydroxyl groups is 1. The van der Waals surface area contributed by atoms with Crippen molar-refractivity contribution in [2.24, 2.45) is 5.73 Å². The molecule has 121 valence electrons. The molecule has 0 fully saturated rings. The molecule has 0 aliphatic heterocycles. The van der Waals surface area contributed by atoms with Gasteiger partial charge in [-0.1, -0.05) is 13.3 Å². The van der Waals surface area contributed by atoms with E-state index >= 15 is 0 Å². The number of anilines is 2. The van der Waals surface area contributed by atoms with E-state index in [0.717, 1.165) is 29.8 Å². The summed E-state index contributed by atoms with van der Waals surface area (Å²) < 4.78 is 5.43. The first-order valence-electron chi connectivity index (χ1n) is 7.63. The van der Waals surface area contributed by atoms with E-state index in [2.05, 4.69) is 18.3 Å². The van der Waals surface area contributed by atoms with Crippen LogP contribution in [0.15, 0.2) is 36.4 Å². The zero-order valence-corrected chi connectivity index (χ0v) is 13.2. The predicted octanol–water partition coefficient (Wildman–Crippen LogP) is 2.84. The molecule has 2 aromatic carbocycles. The first-order valence-corrected chi connectivity index (χ1v) is 7.63. The molecule has 5 N–H and O–H groups in total. The van der Waals surface area contributed by atoms with Crippen LogP contribution in [0.5, 0.6) is 5.75 Å². The number of nitrogens with one attached hydrogen (secondary N) is 2. The van der Waals surface area contributed by atoms with Crippen LogP contribution in [-0.4, -0.2) is 24.2 Å². The SMILES string of the molecule is CCCc1c[c]c(OCCO)cc1Nc1ccc(C(=N)N)cc1. The minimum atomic E-state index is -0.0280. The average molecular weight is 312 g/mol. The molecule has 0 spiro atoms. The Labute approximate surface area is 136 Å². The van der Waals surface area contributed by atoms with Crippen LogP contribution in [-0.2, 0) is 6.42 Å². The fourth-order valence-corrected chi connectivity index (χ4v) is 2.22. The summed E-state index contributed by atoms with van der Waals surface area (Å²) >= 11 is 0. The molecule has 23 heavy (non-hydrogen) atoms. The van der Waals surface area contributed by atoms with Crippen molar-refractivity contribution < 1.29 is 9.84 Å². The van der Waals surface area contributed by atoms with Crippen LogP contribution in [0.2, 0.25) is 0 Å². The monoisotopic (exact) mass is 312 g/mol. The van der Waals surface area contributed by atoms with Gasteiger partial charge in [0.15, 0.2) is 0 Å². The molecule has 0 bridgehead atoms. The molecule has 2 aromatic rings. The van der Waals surface area contributed by atoms with E-state index in [1.807, 2.05) is 36.4 Å². The molecular formula is C18H22N3O2. The van der Waals surface area contributed by atoms with Gasteiger partial charge in [0, 0.05) is 29.1 Å². The zero-order valence-electron chi connectivity index (χ0n) is 13.2. The Kier molecular flexibility index (Phi) is 6.00. The average Bonchev–Trinajstić information content (AvgIpc) is 2.55. The summed E-state index contributed by atoms with van der Waals surface area (Å²) in [5.74, 6) is 0.652. The van der Waals surface area contributed by atoms with Crippen molar-refractivity contribution in [3.8, 4) is 5.75 Å². The second-order valence-corrected chi connectivity index (χ2v) is 5.17. The van der Waals surface area contributed by atoms with Gasteiger partial charge in [0.25, 0.3) is 0 Å². The van der Waals surface area contributed by atoms with E-state index in [4.69, 9.17) is 21.0 Å². The van der Waals surface area contributed by atoms with Crippen LogP contribution in [0.1, 0.15) is 24.5 Å². The molecular weight excluding hydrogens is 290 g/mol. The number of hydrogen-bond acceptors (Lipinski definition) is 4. The van der Waals surface area contributed by atoms with E-state index < -0.39 is 0 Å². The Morgan fingerprint density at radius 1 is 1.35 bits per heavy atom. The lowest BCUT2D eigenvalue weighted by molar-refractivity contribution is 0.201. The van der Waals surface area contributed by atoms with Crippen LogP contribution in [0, 0.1) is 11.5 Å². The van der Waals surface area contributed by atoms with Gasteiger partial charge in [-0.15, -0.1) is 0 Å². The number of ether oxygens (including phenoxy) is 1. The summed E-state index contributed by atoms with van der Waals surface area (Å²) in [7, 11) is 0. The van der Waals surface area contributed by atoms with E-state index in [1.54, 1.807) is 0 Å². The van der Waals surface area contributed by atoms with Crippen molar-refractivity contribution in [3.05, 3.63) is 53.6 Å². The fraction of sp³-hybridized carbons (Fsp3) is 0.278. The number of rotatable bonds is 8. The Bertz CT molecular complexity index is 654. The number of nitrogens with two attached hydrogens (primary N) is 1. The number of hydrogen-bond donors (Lipinski definition) is 4. The van der Waals surface area contributed by atoms with Crippen LogP contribution < -0.4 is 15.8 Å². The second-order valence-electron chi connectivity index (χ2n) is 5.17. The number of nitrogen functional groups attached to an aromatic ring is 1. The van der Waals surface area contributed by atoms with Gasteiger partial charge in [-0.25, -0.2) is 0 Å². The normalized spacial score (nSPS) is 10.3. The Morgan fingerprint density at radius 2 is 2.09 bits per heavy atom. The van der Waals surface area contributed by atoms with Crippen molar-refractivity contribution in [1.82, 2.24) is 0 Å². The van der Waals surface area contributed by atoms with Gasteiger partial charge in [0.2, 0.25) is 0 Å². The summed E-state index contributed by atoms with van der Waals surface area (Å²) in [5, 5.41) is 19.7. The van der Waals surface area contributed by atoms with Crippen molar-refractivity contribution in [1.29, 1.82) is 5.41 Å². The van der Waals surface area contributed by atoms with Crippen molar-refractivity contribution in [2.75, 3.05) is 18.5 Å². The largest absolute Gasteiger partial charge is 0.490 e. The standard InChI is InChI=1S/C18H22N3O2/c1-2-3-13-6-9-16(23-11-10-22)12-17(13)21-15-7-4-14(5-8-15)18(19)20/h4-8,12,21-22H,2-3,10-11H2,1H3,(H3,19,20). The molecule has 0 aliphatic rings. The van der Waals surface area contributed by atoms with Gasteiger partial charge < -0.3 is 20.9 Å². The third kappa shape index (κ3) is 4.72. The van der Waals surface area contributed by atoms with E-state index in [1.165, 1.54) is 0 Å². The van der Waals surface area contributed by atoms with Crippen LogP contribution in [0.4, 0.5) is 11.4 Å². The van der Waals surface area contributed by atoms with E-state index in [-0.39, 0.29) is 19.0 Å². The third-order valence-corrected chi connectivity index (χ3v) is 3.35. The molecule has 5 heteroatoms. The minimum Gasteiger partial charge on any atom is -0.490 e. The Balaban J connectivity index is 2.22. The molecule has 0 amide bonds. The maximum atomic E-state index is 8.86. The van der Waals surface area contributed by atoms with E-state index in [0.29, 0.717) is 11.3 Å². The summed E-state index contributed by atoms with van der Waals surface area (Å²) in [5.41, 5.74) is 9.17. The third-order valence-electron chi connectivity index (χ3n) is 3.35. The van der Waals surface area contributed by atoms with Gasteiger partial charge >= 0.3 is 0 Å². The second kappa shape index (κ2) is 8.19. The molecule has 2 rings (SSSR count). The van der Waals surface area contributed by atoms with Crippen molar-refractivity contribution in [2.45, 2.75) is 19.8 Å². The molecule has 0 atom stereocenters. The number of amidine groups is 1. The van der Waals surface area contributed by atoms with Gasteiger partial charge in [0.1, 0.15) is 18.2 Å². The highest BCUT2D eigenvalue weighted by Crippen LogP contribution is 2.27. The quantitative estimate of drug-likeness (QED) is 0.445. The molecule has 0 aliphatic carbocycles. The predicted molar refractivity (Wildman–Crippen MR) is 92.6 cm³/mol. The molecule has 0 heterocycles. The summed E-state index contributed by atoms with van der Waals surface area (Å²) in [4.78, 5) is 0. The topological polar surface area (TPSA) is 91.4 Å². The smallest absolute Gasteiger partial charge is 0.129 e. The van der Waals surface area contributed by atoms with Gasteiger partial charge in [-0.05, 0) is 42.3 Å². The first-order chi connectivity index (χ1) is 11.1. The molecule has 0 unspecified atom stereocenters. The molecule has 1 radical (unpaired) electrons. The van der Waals surface area contributed by atoms with Crippen molar-refractivity contribution in [3.63, 3.8) is 0 Å². The summed E-state index contributed by atoms with van der Waals surface area (Å²) in [6.07, 6.45) is 1.97. The van der Waals surface area contributed by atoms with Gasteiger partial charge in [-0.2, -0.15) is 0 Å². The maximum absolute atomic E-state index is 8.86. The number of aryl methyl sites for hydroxylation is 1. The van der Waals surface area contributed by atoms with Crippen molar-refractivity contribution >= 4 is 17.2 Å². The Morgan fingerprint density at radius 3 is 2.70 bits per heavy atom. The highest BCUT2D eigenvalue weighted by molar-refractivity contribution is 5.95. The molecule has 0 aromatic heterocycles. The molecule has 0 saturated heterocycles. The first kappa shape index (κ1) is 16.8. The Hall–Kier alpha value is -2.53. The van der Waals surface area contributed by atoms with Crippen LogP contribution >= 0.6 is 0 Å². The molecule has 5 nitrogen and oxygen atoms in total. The number of benzene rings is 2. The van der Waals surface area contributed by atoms with Gasteiger partial charge in [-0.3, -0.25) is 5.41 Å². The fourth-order valence-electron chi connectivity index (χ4n) is 2.22. The van der Waals surface area contributed by atoms with Crippen LogP contribution in [0.25, 0.3) is 0 Å². The zero-order chi connectivity index (χ0) is 16.7. The highest BCUT2D eigenvalue weighted by Gasteiger charge is 2.06. The van der Waals surface area contributed by atoms with Gasteiger partial charge in [0.05, 0.1) is 6.61 Å². The summed E-state index contributed by atoms with van der Waals surface area (Å²) in [6, 6.07) is 14.3. The maximum Gasteiger partial charge on any atom is 0.129 e. The lowest BCUT2D eigenvalue weighted by atomic mass is 10.1. The molecule has 0 saturated carbocycles. The lowest BCUT2D eigenvalue weighted by Gasteiger charge is -2.14. The highest BCUT2D eigenvalue weighted by atomic mass is 16.5. The lowest BCUT2D eigenvalue weighted by Crippen LogP contribution is -2.10. The summed E-state index contributed by atoms with van der Waals surface area (Å²) in [6.45, 7) is 2.35.